The molecule has 150 valence electrons. The molecular weight excluding hydrogens is 358 g/mol. The molecule has 0 aliphatic carbocycles. The molecule has 2 N–H and O–H groups in total. The molecule has 1 saturated heterocycles. The first kappa shape index (κ1) is 19.7. The summed E-state index contributed by atoms with van der Waals surface area (Å²) in [6.45, 7) is 2.16. The fraction of sp³-hybridized carbons (Fsp3) is 0.308. The highest BCUT2D eigenvalue weighted by atomic mass is 16.5. The van der Waals surface area contributed by atoms with Gasteiger partial charge in [0.2, 0.25) is 0 Å². The van der Waals surface area contributed by atoms with Gasteiger partial charge in [0.1, 0.15) is 5.75 Å². The number of ether oxygens (including phenoxy) is 1. The maximum Gasteiger partial charge on any atom is 0.124 e. The van der Waals surface area contributed by atoms with E-state index in [1.807, 2.05) is 36.4 Å². The SMILES string of the molecule is CC[C@@H]1[C@H](c2ccccc2)N[C@@H](c2ccccc2)C[C@@]1(O)c1ccccc1OC. The van der Waals surface area contributed by atoms with Crippen LogP contribution in [0.5, 0.6) is 5.75 Å². The van der Waals surface area contributed by atoms with Crippen molar-refractivity contribution in [3.63, 3.8) is 0 Å². The van der Waals surface area contributed by atoms with Crippen LogP contribution in [0.1, 0.15) is 48.5 Å². The molecule has 1 fully saturated rings. The van der Waals surface area contributed by atoms with E-state index in [0.717, 1.165) is 17.7 Å². The van der Waals surface area contributed by atoms with Gasteiger partial charge in [-0.2, -0.15) is 0 Å². The molecule has 1 aliphatic rings. The van der Waals surface area contributed by atoms with Gasteiger partial charge in [-0.25, -0.2) is 0 Å². The van der Waals surface area contributed by atoms with Gasteiger partial charge in [0.05, 0.1) is 12.7 Å². The van der Waals surface area contributed by atoms with Crippen molar-refractivity contribution in [2.75, 3.05) is 7.11 Å². The molecule has 0 aromatic heterocycles. The van der Waals surface area contributed by atoms with Crippen LogP contribution in [-0.2, 0) is 5.60 Å². The minimum atomic E-state index is -1.01. The Labute approximate surface area is 173 Å². The van der Waals surface area contributed by atoms with E-state index >= 15 is 0 Å². The van der Waals surface area contributed by atoms with E-state index in [1.165, 1.54) is 11.1 Å². The van der Waals surface area contributed by atoms with Crippen LogP contribution in [0, 0.1) is 5.92 Å². The molecule has 1 heterocycles. The zero-order valence-electron chi connectivity index (χ0n) is 17.1. The third-order valence-electron chi connectivity index (χ3n) is 6.29. The Kier molecular flexibility index (Phi) is 5.70. The van der Waals surface area contributed by atoms with Crippen LogP contribution in [0.15, 0.2) is 84.9 Å². The van der Waals surface area contributed by atoms with Crippen LogP contribution >= 0.6 is 0 Å². The number of nitrogens with one attached hydrogen (secondary N) is 1. The molecule has 3 aromatic rings. The van der Waals surface area contributed by atoms with E-state index in [9.17, 15) is 5.11 Å². The molecule has 3 aromatic carbocycles. The lowest BCUT2D eigenvalue weighted by atomic mass is 9.67. The van der Waals surface area contributed by atoms with Crippen molar-refractivity contribution >= 4 is 0 Å². The van der Waals surface area contributed by atoms with Crippen LogP contribution in [0.4, 0.5) is 0 Å². The largest absolute Gasteiger partial charge is 0.496 e. The van der Waals surface area contributed by atoms with Crippen molar-refractivity contribution in [3.05, 3.63) is 102 Å². The molecular formula is C26H29NO2. The van der Waals surface area contributed by atoms with Gasteiger partial charge in [-0.05, 0) is 23.6 Å². The van der Waals surface area contributed by atoms with Crippen LogP contribution < -0.4 is 10.1 Å². The van der Waals surface area contributed by atoms with E-state index in [1.54, 1.807) is 7.11 Å². The summed E-state index contributed by atoms with van der Waals surface area (Å²) in [4.78, 5) is 0. The van der Waals surface area contributed by atoms with Gasteiger partial charge in [-0.15, -0.1) is 0 Å². The minimum absolute atomic E-state index is 0.0150. The average Bonchev–Trinajstić information content (AvgIpc) is 2.79. The van der Waals surface area contributed by atoms with Crippen LogP contribution in [-0.4, -0.2) is 12.2 Å². The Bertz CT molecular complexity index is 928. The first-order valence-electron chi connectivity index (χ1n) is 10.4. The highest BCUT2D eigenvalue weighted by molar-refractivity contribution is 5.41. The molecule has 0 saturated carbocycles. The molecule has 0 radical (unpaired) electrons. The summed E-state index contributed by atoms with van der Waals surface area (Å²) in [5.41, 5.74) is 2.26. The minimum Gasteiger partial charge on any atom is -0.496 e. The molecule has 1 aliphatic heterocycles. The van der Waals surface area contributed by atoms with Crippen LogP contribution in [0.25, 0.3) is 0 Å². The Morgan fingerprint density at radius 2 is 1.48 bits per heavy atom. The normalized spacial score (nSPS) is 26.8. The lowest BCUT2D eigenvalue weighted by molar-refractivity contribution is -0.0842. The van der Waals surface area contributed by atoms with Gasteiger partial charge in [0, 0.05) is 30.0 Å². The van der Waals surface area contributed by atoms with Gasteiger partial charge < -0.3 is 15.2 Å². The molecule has 29 heavy (non-hydrogen) atoms. The van der Waals surface area contributed by atoms with Gasteiger partial charge >= 0.3 is 0 Å². The molecule has 3 heteroatoms. The highest BCUT2D eigenvalue weighted by Crippen LogP contribution is 2.51. The van der Waals surface area contributed by atoms with Crippen molar-refractivity contribution < 1.29 is 9.84 Å². The molecule has 4 rings (SSSR count). The first-order chi connectivity index (χ1) is 14.2. The first-order valence-corrected chi connectivity index (χ1v) is 10.4. The van der Waals surface area contributed by atoms with Crippen molar-refractivity contribution in [1.82, 2.24) is 5.32 Å². The number of hydrogen-bond acceptors (Lipinski definition) is 3. The van der Waals surface area contributed by atoms with Crippen molar-refractivity contribution in [2.24, 2.45) is 5.92 Å². The highest BCUT2D eigenvalue weighted by Gasteiger charge is 2.49. The van der Waals surface area contributed by atoms with Crippen molar-refractivity contribution in [3.8, 4) is 5.75 Å². The lowest BCUT2D eigenvalue weighted by Crippen LogP contribution is -2.51. The second-order valence-corrected chi connectivity index (χ2v) is 7.86. The third kappa shape index (κ3) is 3.68. The zero-order valence-corrected chi connectivity index (χ0v) is 17.1. The molecule has 0 bridgehead atoms. The summed E-state index contributed by atoms with van der Waals surface area (Å²) in [5.74, 6) is 0.759. The van der Waals surface area contributed by atoms with Crippen LogP contribution in [0.3, 0.4) is 0 Å². The maximum atomic E-state index is 12.3. The van der Waals surface area contributed by atoms with Crippen molar-refractivity contribution in [2.45, 2.75) is 37.5 Å². The quantitative estimate of drug-likeness (QED) is 0.617. The van der Waals surface area contributed by atoms with E-state index in [2.05, 4.69) is 60.8 Å². The number of rotatable bonds is 5. The summed E-state index contributed by atoms with van der Waals surface area (Å²) in [6, 6.07) is 28.9. The number of hydrogen-bond donors (Lipinski definition) is 2. The fourth-order valence-electron chi connectivity index (χ4n) is 4.90. The summed E-state index contributed by atoms with van der Waals surface area (Å²) < 4.78 is 5.66. The van der Waals surface area contributed by atoms with E-state index in [4.69, 9.17) is 4.74 Å². The number of piperidine rings is 1. The predicted molar refractivity (Wildman–Crippen MR) is 117 cm³/mol. The molecule has 4 atom stereocenters. The standard InChI is InChI=1S/C26H29NO2/c1-3-21-25(20-14-8-5-9-15-20)27-23(19-12-6-4-7-13-19)18-26(21,28)22-16-10-11-17-24(22)29-2/h4-17,21,23,25,27-28H,3,18H2,1-2H3/t21-,23-,25+,26+/m1/s1. The van der Waals surface area contributed by atoms with Gasteiger partial charge in [-0.3, -0.25) is 0 Å². The Balaban J connectivity index is 1.85. The van der Waals surface area contributed by atoms with E-state index in [-0.39, 0.29) is 18.0 Å². The molecule has 0 unspecified atom stereocenters. The van der Waals surface area contributed by atoms with Gasteiger partial charge in [0.25, 0.3) is 0 Å². The summed E-state index contributed by atoms with van der Waals surface area (Å²) in [5, 5.41) is 16.1. The van der Waals surface area contributed by atoms with Crippen molar-refractivity contribution in [1.29, 1.82) is 0 Å². The maximum absolute atomic E-state index is 12.3. The summed E-state index contributed by atoms with van der Waals surface area (Å²) in [7, 11) is 1.67. The topological polar surface area (TPSA) is 41.5 Å². The van der Waals surface area contributed by atoms with E-state index in [0.29, 0.717) is 6.42 Å². The monoisotopic (exact) mass is 387 g/mol. The smallest absolute Gasteiger partial charge is 0.124 e. The van der Waals surface area contributed by atoms with Crippen LogP contribution in [0.2, 0.25) is 0 Å². The number of benzene rings is 3. The second-order valence-electron chi connectivity index (χ2n) is 7.86. The lowest BCUT2D eigenvalue weighted by Gasteiger charge is -2.49. The summed E-state index contributed by atoms with van der Waals surface area (Å²) in [6.07, 6.45) is 1.45. The number of methoxy groups -OCH3 is 1. The molecule has 3 nitrogen and oxygen atoms in total. The molecule has 0 spiro atoms. The Morgan fingerprint density at radius 1 is 0.897 bits per heavy atom. The van der Waals surface area contributed by atoms with Gasteiger partial charge in [0.15, 0.2) is 0 Å². The Morgan fingerprint density at radius 3 is 2.10 bits per heavy atom. The van der Waals surface area contributed by atoms with Gasteiger partial charge in [-0.1, -0.05) is 85.8 Å². The predicted octanol–water partition coefficient (Wildman–Crippen LogP) is 5.38. The zero-order chi connectivity index (χ0) is 20.3. The van der Waals surface area contributed by atoms with E-state index < -0.39 is 5.60 Å². The Hall–Kier alpha value is -2.62. The number of aliphatic hydroxyl groups is 1. The average molecular weight is 388 g/mol. The summed E-state index contributed by atoms with van der Waals surface area (Å²) >= 11 is 0. The molecule has 0 amide bonds. The fourth-order valence-corrected chi connectivity index (χ4v) is 4.90. The third-order valence-corrected chi connectivity index (χ3v) is 6.29. The number of para-hydroxylation sites is 1. The second kappa shape index (κ2) is 8.40.